The number of fused-ring (bicyclic) bond motifs is 1. The Hall–Kier alpha value is -3.11. The van der Waals surface area contributed by atoms with Crippen LogP contribution in [-0.4, -0.2) is 26.8 Å². The number of amides is 1. The molecule has 1 aliphatic heterocycles. The van der Waals surface area contributed by atoms with Gasteiger partial charge in [-0.2, -0.15) is 5.10 Å². The van der Waals surface area contributed by atoms with Crippen LogP contribution in [0.25, 0.3) is 0 Å². The van der Waals surface area contributed by atoms with Crippen LogP contribution in [0.1, 0.15) is 16.9 Å². The molecule has 4 rings (SSSR count). The summed E-state index contributed by atoms with van der Waals surface area (Å²) in [4.78, 5) is 27.4. The molecule has 3 heterocycles. The van der Waals surface area contributed by atoms with Gasteiger partial charge in [0.1, 0.15) is 17.1 Å². The molecule has 10 heteroatoms. The fourth-order valence-corrected chi connectivity index (χ4v) is 4.39. The molecular weight excluding hydrogens is 412 g/mol. The van der Waals surface area contributed by atoms with E-state index in [4.69, 9.17) is 5.73 Å². The molecule has 0 fully saturated rings. The van der Waals surface area contributed by atoms with Crippen molar-refractivity contribution in [2.45, 2.75) is 25.9 Å². The molecule has 1 amide bonds. The Morgan fingerprint density at radius 2 is 2.07 bits per heavy atom. The Kier molecular flexibility index (Phi) is 5.60. The summed E-state index contributed by atoms with van der Waals surface area (Å²) in [5, 5.41) is 4.66. The molecule has 7 nitrogen and oxygen atoms in total. The lowest BCUT2D eigenvalue weighted by molar-refractivity contribution is -0.118. The number of hydrogen-bond acceptors (Lipinski definition) is 5. The predicted octanol–water partition coefficient (Wildman–Crippen LogP) is 2.72. The summed E-state index contributed by atoms with van der Waals surface area (Å²) in [5.74, 6) is -0.498. The van der Waals surface area contributed by atoms with Crippen molar-refractivity contribution in [3.63, 3.8) is 0 Å². The molecule has 0 saturated heterocycles. The monoisotopic (exact) mass is 431 g/mol. The fourth-order valence-electron chi connectivity index (χ4n) is 3.35. The van der Waals surface area contributed by atoms with Gasteiger partial charge in [0, 0.05) is 17.8 Å². The number of anilines is 2. The number of nitrogens with two attached hydrogens (primary N) is 1. The maximum atomic E-state index is 13.8. The number of aromatic nitrogens is 3. The van der Waals surface area contributed by atoms with Gasteiger partial charge in [-0.05, 0) is 41.8 Å². The molecule has 0 aliphatic carbocycles. The predicted molar refractivity (Wildman–Crippen MR) is 110 cm³/mol. The quantitative estimate of drug-likeness (QED) is 0.650. The van der Waals surface area contributed by atoms with Crippen LogP contribution in [0.15, 0.2) is 53.4 Å². The maximum Gasteiger partial charge on any atom is 0.346 e. The molecule has 1 aromatic carbocycles. The minimum atomic E-state index is -0.400. The summed E-state index contributed by atoms with van der Waals surface area (Å²) in [7, 11) is 0. The standard InChI is InChI=1S/C20H19F2N5O2S/c21-8-13(9-23)10-26-20(29)25(12-24-26)11-16-4-6-19(30-16)27-17-7-15(22)3-1-14(17)2-5-18(27)28/h1,3-4,6-8,12H,2,5,9-11,23H2/b13-8+. The summed E-state index contributed by atoms with van der Waals surface area (Å²) in [5.41, 5.74) is 6.77. The van der Waals surface area contributed by atoms with E-state index in [1.54, 1.807) is 12.1 Å². The lowest BCUT2D eigenvalue weighted by Crippen LogP contribution is -2.30. The topological polar surface area (TPSA) is 86.2 Å². The van der Waals surface area contributed by atoms with E-state index in [0.717, 1.165) is 15.1 Å². The zero-order valence-electron chi connectivity index (χ0n) is 15.9. The van der Waals surface area contributed by atoms with Crippen LogP contribution in [0, 0.1) is 5.82 Å². The minimum Gasteiger partial charge on any atom is -0.327 e. The van der Waals surface area contributed by atoms with E-state index in [2.05, 4.69) is 5.10 Å². The molecule has 2 N–H and O–H groups in total. The van der Waals surface area contributed by atoms with Gasteiger partial charge in [-0.1, -0.05) is 6.07 Å². The Balaban J connectivity index is 1.58. The second-order valence-electron chi connectivity index (χ2n) is 6.91. The molecule has 156 valence electrons. The number of halogens is 2. The molecule has 0 unspecified atom stereocenters. The maximum absolute atomic E-state index is 13.8. The van der Waals surface area contributed by atoms with Crippen LogP contribution in [0.4, 0.5) is 19.5 Å². The summed E-state index contributed by atoms with van der Waals surface area (Å²) < 4.78 is 29.0. The van der Waals surface area contributed by atoms with Crippen molar-refractivity contribution in [1.29, 1.82) is 0 Å². The van der Waals surface area contributed by atoms with E-state index < -0.39 is 5.82 Å². The Morgan fingerprint density at radius 1 is 1.23 bits per heavy atom. The van der Waals surface area contributed by atoms with Gasteiger partial charge in [-0.15, -0.1) is 11.3 Å². The normalized spacial score (nSPS) is 14.3. The number of hydrogen-bond donors (Lipinski definition) is 1. The van der Waals surface area contributed by atoms with Gasteiger partial charge in [0.15, 0.2) is 0 Å². The number of nitrogens with zero attached hydrogens (tertiary/aromatic N) is 4. The number of benzene rings is 1. The van der Waals surface area contributed by atoms with Gasteiger partial charge in [0.25, 0.3) is 0 Å². The van der Waals surface area contributed by atoms with Crippen molar-refractivity contribution in [1.82, 2.24) is 14.3 Å². The molecule has 30 heavy (non-hydrogen) atoms. The van der Waals surface area contributed by atoms with Crippen molar-refractivity contribution in [2.75, 3.05) is 11.4 Å². The number of aryl methyl sites for hydroxylation is 1. The van der Waals surface area contributed by atoms with Crippen molar-refractivity contribution in [3.05, 3.63) is 75.3 Å². The molecule has 0 saturated carbocycles. The molecule has 0 bridgehead atoms. The van der Waals surface area contributed by atoms with Gasteiger partial charge >= 0.3 is 5.69 Å². The Labute approximate surface area is 174 Å². The highest BCUT2D eigenvalue weighted by Gasteiger charge is 2.27. The number of carbonyl (C=O) groups is 1. The lowest BCUT2D eigenvalue weighted by atomic mass is 10.0. The highest BCUT2D eigenvalue weighted by Crippen LogP contribution is 2.38. The second-order valence-corrected chi connectivity index (χ2v) is 8.06. The highest BCUT2D eigenvalue weighted by molar-refractivity contribution is 7.16. The molecular formula is C20H19F2N5O2S. The molecule has 0 radical (unpaired) electrons. The zero-order valence-corrected chi connectivity index (χ0v) is 16.7. The Morgan fingerprint density at radius 3 is 2.83 bits per heavy atom. The van der Waals surface area contributed by atoms with E-state index in [9.17, 15) is 18.4 Å². The molecule has 0 atom stereocenters. The zero-order chi connectivity index (χ0) is 21.3. The van der Waals surface area contributed by atoms with E-state index >= 15 is 0 Å². The highest BCUT2D eigenvalue weighted by atomic mass is 32.1. The average molecular weight is 431 g/mol. The molecule has 1 aliphatic rings. The Bertz CT molecular complexity index is 1180. The average Bonchev–Trinajstić information content (AvgIpc) is 3.33. The molecule has 3 aromatic rings. The van der Waals surface area contributed by atoms with Gasteiger partial charge in [-0.25, -0.2) is 18.3 Å². The third-order valence-corrected chi connectivity index (χ3v) is 5.96. The van der Waals surface area contributed by atoms with Crippen molar-refractivity contribution in [3.8, 4) is 0 Å². The largest absolute Gasteiger partial charge is 0.346 e. The van der Waals surface area contributed by atoms with E-state index in [0.29, 0.717) is 29.9 Å². The first-order valence-electron chi connectivity index (χ1n) is 9.30. The van der Waals surface area contributed by atoms with E-state index in [-0.39, 0.29) is 36.8 Å². The number of rotatable bonds is 6. The van der Waals surface area contributed by atoms with E-state index in [1.807, 2.05) is 6.07 Å². The lowest BCUT2D eigenvalue weighted by Gasteiger charge is -2.28. The van der Waals surface area contributed by atoms with Gasteiger partial charge in [0.2, 0.25) is 5.91 Å². The van der Waals surface area contributed by atoms with Crippen molar-refractivity contribution < 1.29 is 13.6 Å². The molecule has 0 spiro atoms. The van der Waals surface area contributed by atoms with Crippen LogP contribution >= 0.6 is 11.3 Å². The van der Waals surface area contributed by atoms with Gasteiger partial charge in [0.05, 0.1) is 25.1 Å². The van der Waals surface area contributed by atoms with Gasteiger partial charge in [-0.3, -0.25) is 14.3 Å². The summed E-state index contributed by atoms with van der Waals surface area (Å²) in [6.45, 7) is 0.230. The smallest absolute Gasteiger partial charge is 0.327 e. The van der Waals surface area contributed by atoms with Crippen LogP contribution in [0.2, 0.25) is 0 Å². The number of carbonyl (C=O) groups excluding carboxylic acids is 1. The fraction of sp³-hybridized carbons (Fsp3) is 0.250. The first kappa shape index (κ1) is 20.2. The first-order valence-corrected chi connectivity index (χ1v) is 10.1. The first-order chi connectivity index (χ1) is 14.5. The summed E-state index contributed by atoms with van der Waals surface area (Å²) >= 11 is 1.34. The molecule has 2 aromatic heterocycles. The number of thiophene rings is 1. The third kappa shape index (κ3) is 3.83. The van der Waals surface area contributed by atoms with Gasteiger partial charge < -0.3 is 5.73 Å². The summed E-state index contributed by atoms with van der Waals surface area (Å²) in [6.07, 6.45) is 2.69. The van der Waals surface area contributed by atoms with Crippen molar-refractivity contribution >= 4 is 27.9 Å². The second kappa shape index (κ2) is 8.33. The minimum absolute atomic E-state index is 0.00395. The SMILES string of the molecule is NC/C(=C\F)Cn1ncn(Cc2ccc(N3C(=O)CCc4ccc(F)cc43)s2)c1=O. The van der Waals surface area contributed by atoms with Crippen LogP contribution < -0.4 is 16.3 Å². The van der Waals surface area contributed by atoms with Crippen LogP contribution in [-0.2, 0) is 24.3 Å². The van der Waals surface area contributed by atoms with E-state index in [1.165, 1.54) is 39.3 Å². The summed E-state index contributed by atoms with van der Waals surface area (Å²) in [6, 6.07) is 8.07. The van der Waals surface area contributed by atoms with Crippen LogP contribution in [0.3, 0.4) is 0 Å². The van der Waals surface area contributed by atoms with Crippen molar-refractivity contribution in [2.24, 2.45) is 5.73 Å². The van der Waals surface area contributed by atoms with Crippen LogP contribution in [0.5, 0.6) is 0 Å². The third-order valence-electron chi connectivity index (χ3n) is 4.91.